The highest BCUT2D eigenvalue weighted by molar-refractivity contribution is 5.76. The first kappa shape index (κ1) is 13.0. The number of imidazole rings is 1. The molecule has 1 amide bonds. The molecule has 1 unspecified atom stereocenters. The van der Waals surface area contributed by atoms with E-state index < -0.39 is 5.60 Å². The van der Waals surface area contributed by atoms with Crippen molar-refractivity contribution in [1.82, 2.24) is 20.2 Å². The van der Waals surface area contributed by atoms with Gasteiger partial charge >= 0.3 is 0 Å². The first-order valence-corrected chi connectivity index (χ1v) is 6.25. The number of carbonyl (C=O) groups is 1. The Hall–Kier alpha value is -1.40. The second-order valence-electron chi connectivity index (χ2n) is 4.92. The Kier molecular flexibility index (Phi) is 3.98. The van der Waals surface area contributed by atoms with Crippen LogP contribution < -0.4 is 5.32 Å². The maximum absolute atomic E-state index is 11.4. The minimum Gasteiger partial charge on any atom is -0.388 e. The number of aromatic nitrogens is 2. The summed E-state index contributed by atoms with van der Waals surface area (Å²) in [5.74, 6) is 0.775. The van der Waals surface area contributed by atoms with Crippen molar-refractivity contribution in [3.05, 3.63) is 18.2 Å². The van der Waals surface area contributed by atoms with Crippen molar-refractivity contribution in [1.29, 1.82) is 0 Å². The van der Waals surface area contributed by atoms with E-state index in [4.69, 9.17) is 0 Å². The molecule has 1 aromatic heterocycles. The number of likely N-dealkylation sites (tertiary alicyclic amines) is 1. The first-order chi connectivity index (χ1) is 8.61. The Labute approximate surface area is 106 Å². The van der Waals surface area contributed by atoms with Crippen LogP contribution in [0.2, 0.25) is 0 Å². The summed E-state index contributed by atoms with van der Waals surface area (Å²) in [4.78, 5) is 20.8. The van der Waals surface area contributed by atoms with Gasteiger partial charge in [0.25, 0.3) is 0 Å². The Morgan fingerprint density at radius 2 is 2.56 bits per heavy atom. The van der Waals surface area contributed by atoms with E-state index in [9.17, 15) is 9.90 Å². The van der Waals surface area contributed by atoms with Crippen LogP contribution in [0.1, 0.15) is 25.1 Å². The number of β-amino-alcohol motifs (C(OH)–C–C–N with tert-alkyl or cyclic N) is 1. The molecular formula is C12H20N4O2. The van der Waals surface area contributed by atoms with E-state index in [2.05, 4.69) is 20.2 Å². The van der Waals surface area contributed by atoms with Gasteiger partial charge in [0.1, 0.15) is 5.82 Å². The molecule has 2 rings (SSSR count). The van der Waals surface area contributed by atoms with Gasteiger partial charge < -0.3 is 15.4 Å². The van der Waals surface area contributed by atoms with E-state index in [-0.39, 0.29) is 12.3 Å². The van der Waals surface area contributed by atoms with E-state index in [0.29, 0.717) is 19.5 Å². The van der Waals surface area contributed by atoms with E-state index in [1.807, 2.05) is 0 Å². The average Bonchev–Trinajstić information content (AvgIpc) is 2.81. The molecule has 0 radical (unpaired) electrons. The maximum atomic E-state index is 11.4. The zero-order valence-electron chi connectivity index (χ0n) is 10.6. The largest absolute Gasteiger partial charge is 0.388 e. The van der Waals surface area contributed by atoms with E-state index in [0.717, 1.165) is 18.8 Å². The second kappa shape index (κ2) is 5.49. The fourth-order valence-electron chi connectivity index (χ4n) is 2.47. The number of H-pyrrole nitrogens is 1. The van der Waals surface area contributed by atoms with Crippen molar-refractivity contribution in [2.75, 3.05) is 20.1 Å². The Bertz CT molecular complexity index is 393. The van der Waals surface area contributed by atoms with Crippen LogP contribution in [0.4, 0.5) is 0 Å². The number of hydrogen-bond acceptors (Lipinski definition) is 4. The van der Waals surface area contributed by atoms with Crippen LogP contribution in [0.5, 0.6) is 0 Å². The van der Waals surface area contributed by atoms with Crippen LogP contribution in [0.3, 0.4) is 0 Å². The molecule has 0 aromatic carbocycles. The number of nitrogens with zero attached hydrogens (tertiary/aromatic N) is 2. The number of carbonyl (C=O) groups excluding carboxylic acids is 1. The highest BCUT2D eigenvalue weighted by atomic mass is 16.3. The van der Waals surface area contributed by atoms with E-state index in [1.54, 1.807) is 19.4 Å². The molecule has 3 N–H and O–H groups in total. The monoisotopic (exact) mass is 252 g/mol. The average molecular weight is 252 g/mol. The smallest absolute Gasteiger partial charge is 0.222 e. The summed E-state index contributed by atoms with van der Waals surface area (Å²) in [6.07, 6.45) is 5.24. The van der Waals surface area contributed by atoms with Crippen molar-refractivity contribution < 1.29 is 9.90 Å². The van der Waals surface area contributed by atoms with Crippen molar-refractivity contribution >= 4 is 5.91 Å². The molecule has 1 atom stereocenters. The molecule has 0 spiro atoms. The van der Waals surface area contributed by atoms with Crippen LogP contribution in [0.15, 0.2) is 12.4 Å². The molecule has 18 heavy (non-hydrogen) atoms. The third-order valence-corrected chi connectivity index (χ3v) is 3.33. The summed E-state index contributed by atoms with van der Waals surface area (Å²) < 4.78 is 0. The van der Waals surface area contributed by atoms with Crippen molar-refractivity contribution in [3.63, 3.8) is 0 Å². The summed E-state index contributed by atoms with van der Waals surface area (Å²) in [5, 5.41) is 13.0. The van der Waals surface area contributed by atoms with Crippen molar-refractivity contribution in [3.8, 4) is 0 Å². The lowest BCUT2D eigenvalue weighted by molar-refractivity contribution is -0.128. The van der Waals surface area contributed by atoms with Gasteiger partial charge in [-0.3, -0.25) is 9.69 Å². The summed E-state index contributed by atoms with van der Waals surface area (Å²) >= 11 is 0. The lowest BCUT2D eigenvalue weighted by Crippen LogP contribution is -2.50. The number of nitrogens with one attached hydrogen (secondary N) is 2. The predicted molar refractivity (Wildman–Crippen MR) is 66.7 cm³/mol. The lowest BCUT2D eigenvalue weighted by atomic mass is 9.89. The van der Waals surface area contributed by atoms with Crippen LogP contribution >= 0.6 is 0 Å². The zero-order chi connectivity index (χ0) is 13.0. The number of hydrogen-bond donors (Lipinski definition) is 3. The molecule has 0 saturated carbocycles. The SMILES string of the molecule is CNC(=O)CC1(O)CCCN(Cc2ncc[nH]2)C1. The van der Waals surface area contributed by atoms with Gasteiger partial charge in [0, 0.05) is 26.0 Å². The first-order valence-electron chi connectivity index (χ1n) is 6.25. The summed E-state index contributed by atoms with van der Waals surface area (Å²) in [6, 6.07) is 0. The van der Waals surface area contributed by atoms with Crippen LogP contribution in [-0.2, 0) is 11.3 Å². The molecule has 1 aromatic rings. The topological polar surface area (TPSA) is 81.2 Å². The maximum Gasteiger partial charge on any atom is 0.222 e. The molecular weight excluding hydrogens is 232 g/mol. The van der Waals surface area contributed by atoms with Crippen LogP contribution in [0.25, 0.3) is 0 Å². The lowest BCUT2D eigenvalue weighted by Gasteiger charge is -2.38. The van der Waals surface area contributed by atoms with Crippen molar-refractivity contribution in [2.45, 2.75) is 31.4 Å². The third-order valence-electron chi connectivity index (χ3n) is 3.33. The third kappa shape index (κ3) is 3.30. The van der Waals surface area contributed by atoms with Gasteiger partial charge in [0.15, 0.2) is 0 Å². The number of aromatic amines is 1. The molecule has 1 fully saturated rings. The molecule has 0 bridgehead atoms. The van der Waals surface area contributed by atoms with Gasteiger partial charge in [-0.15, -0.1) is 0 Å². The fraction of sp³-hybridized carbons (Fsp3) is 0.667. The molecule has 2 heterocycles. The van der Waals surface area contributed by atoms with Gasteiger partial charge in [-0.1, -0.05) is 0 Å². The zero-order valence-corrected chi connectivity index (χ0v) is 10.6. The normalized spacial score (nSPS) is 25.0. The summed E-state index contributed by atoms with van der Waals surface area (Å²) in [5.41, 5.74) is -0.912. The highest BCUT2D eigenvalue weighted by Gasteiger charge is 2.35. The minimum atomic E-state index is -0.912. The molecule has 0 aliphatic carbocycles. The van der Waals surface area contributed by atoms with Gasteiger partial charge in [-0.25, -0.2) is 4.98 Å². The Morgan fingerprint density at radius 1 is 1.72 bits per heavy atom. The molecule has 1 saturated heterocycles. The molecule has 1 aliphatic rings. The van der Waals surface area contributed by atoms with E-state index >= 15 is 0 Å². The van der Waals surface area contributed by atoms with E-state index in [1.165, 1.54) is 0 Å². The molecule has 6 nitrogen and oxygen atoms in total. The fourth-order valence-corrected chi connectivity index (χ4v) is 2.47. The summed E-state index contributed by atoms with van der Waals surface area (Å²) in [7, 11) is 1.59. The van der Waals surface area contributed by atoms with Crippen LogP contribution in [0, 0.1) is 0 Å². The standard InChI is InChI=1S/C12H20N4O2/c1-13-11(17)7-12(18)3-2-6-16(9-12)8-10-14-4-5-15-10/h4-5,18H,2-3,6-9H2,1H3,(H,13,17)(H,14,15). The number of rotatable bonds is 4. The quantitative estimate of drug-likeness (QED) is 0.697. The molecule has 1 aliphatic heterocycles. The molecule has 100 valence electrons. The van der Waals surface area contributed by atoms with Crippen molar-refractivity contribution in [2.24, 2.45) is 0 Å². The highest BCUT2D eigenvalue weighted by Crippen LogP contribution is 2.25. The minimum absolute atomic E-state index is 0.114. The number of piperidine rings is 1. The second-order valence-corrected chi connectivity index (χ2v) is 4.92. The van der Waals surface area contributed by atoms with Crippen LogP contribution in [-0.4, -0.2) is 51.6 Å². The Morgan fingerprint density at radius 3 is 3.22 bits per heavy atom. The Balaban J connectivity index is 1.93. The predicted octanol–water partition coefficient (Wildman–Crippen LogP) is -0.127. The summed E-state index contributed by atoms with van der Waals surface area (Å²) in [6.45, 7) is 2.13. The molecule has 6 heteroatoms. The van der Waals surface area contributed by atoms with Gasteiger partial charge in [-0.2, -0.15) is 0 Å². The van der Waals surface area contributed by atoms with Gasteiger partial charge in [0.2, 0.25) is 5.91 Å². The van der Waals surface area contributed by atoms with Gasteiger partial charge in [-0.05, 0) is 19.4 Å². The number of aliphatic hydroxyl groups is 1. The number of amides is 1. The van der Waals surface area contributed by atoms with Gasteiger partial charge in [0.05, 0.1) is 18.6 Å².